The zero-order valence-corrected chi connectivity index (χ0v) is 12.6. The van der Waals surface area contributed by atoms with Crippen LogP contribution < -0.4 is 10.1 Å². The van der Waals surface area contributed by atoms with Gasteiger partial charge in [0.2, 0.25) is 0 Å². The Morgan fingerprint density at radius 2 is 2.32 bits per heavy atom. The van der Waals surface area contributed by atoms with E-state index in [1.165, 1.54) is 4.88 Å². The van der Waals surface area contributed by atoms with Crippen molar-refractivity contribution in [3.8, 4) is 5.75 Å². The minimum atomic E-state index is 0.0662. The lowest BCUT2D eigenvalue weighted by molar-refractivity contribution is 0.400. The van der Waals surface area contributed by atoms with E-state index in [0.29, 0.717) is 0 Å². The molecule has 0 aromatic carbocycles. The summed E-state index contributed by atoms with van der Waals surface area (Å²) in [7, 11) is 3.63. The van der Waals surface area contributed by atoms with E-state index in [9.17, 15) is 0 Å². The highest BCUT2D eigenvalue weighted by atomic mass is 32.1. The van der Waals surface area contributed by atoms with E-state index in [1.54, 1.807) is 24.6 Å². The SMILES string of the molecule is CCCn1ncc(OC)c1C(NC)c1scnc1C. The molecule has 1 unspecified atom stereocenters. The lowest BCUT2D eigenvalue weighted by atomic mass is 10.1. The van der Waals surface area contributed by atoms with Crippen molar-refractivity contribution >= 4 is 11.3 Å². The van der Waals surface area contributed by atoms with E-state index in [-0.39, 0.29) is 6.04 Å². The fourth-order valence-corrected chi connectivity index (χ4v) is 3.11. The lowest BCUT2D eigenvalue weighted by Crippen LogP contribution is -2.22. The third-order valence-electron chi connectivity index (χ3n) is 3.11. The first-order chi connectivity index (χ1) is 9.22. The Hall–Kier alpha value is -1.40. The van der Waals surface area contributed by atoms with Crippen LogP contribution in [0.1, 0.15) is 35.7 Å². The number of nitrogens with one attached hydrogen (secondary N) is 1. The summed E-state index contributed by atoms with van der Waals surface area (Å²) < 4.78 is 7.47. The van der Waals surface area contributed by atoms with Gasteiger partial charge in [0.05, 0.1) is 35.4 Å². The zero-order valence-electron chi connectivity index (χ0n) is 11.8. The molecule has 19 heavy (non-hydrogen) atoms. The third-order valence-corrected chi connectivity index (χ3v) is 4.10. The van der Waals surface area contributed by atoms with Gasteiger partial charge in [-0.15, -0.1) is 11.3 Å². The molecule has 0 spiro atoms. The molecule has 2 aromatic heterocycles. The first-order valence-electron chi connectivity index (χ1n) is 6.39. The van der Waals surface area contributed by atoms with Gasteiger partial charge in [-0.1, -0.05) is 6.92 Å². The fourth-order valence-electron chi connectivity index (χ4n) is 2.20. The monoisotopic (exact) mass is 280 g/mol. The topological polar surface area (TPSA) is 52.0 Å². The Morgan fingerprint density at radius 1 is 1.53 bits per heavy atom. The summed E-state index contributed by atoms with van der Waals surface area (Å²) >= 11 is 1.66. The smallest absolute Gasteiger partial charge is 0.161 e. The molecule has 0 radical (unpaired) electrons. The lowest BCUT2D eigenvalue weighted by Gasteiger charge is -2.18. The van der Waals surface area contributed by atoms with Crippen molar-refractivity contribution in [1.29, 1.82) is 0 Å². The average molecular weight is 280 g/mol. The Labute approximate surface area is 117 Å². The van der Waals surface area contributed by atoms with Crippen LogP contribution in [0.25, 0.3) is 0 Å². The summed E-state index contributed by atoms with van der Waals surface area (Å²) in [5.74, 6) is 0.820. The maximum atomic E-state index is 5.45. The zero-order chi connectivity index (χ0) is 13.8. The molecule has 0 fully saturated rings. The molecule has 0 aliphatic heterocycles. The minimum Gasteiger partial charge on any atom is -0.493 e. The molecule has 5 nitrogen and oxygen atoms in total. The summed E-state index contributed by atoms with van der Waals surface area (Å²) in [6.45, 7) is 5.06. The predicted octanol–water partition coefficient (Wildman–Crippen LogP) is 2.38. The molecule has 0 saturated heterocycles. The summed E-state index contributed by atoms with van der Waals surface area (Å²) in [5.41, 5.74) is 4.00. The maximum absolute atomic E-state index is 5.45. The minimum absolute atomic E-state index is 0.0662. The molecular formula is C13H20N4OS. The first-order valence-corrected chi connectivity index (χ1v) is 7.27. The van der Waals surface area contributed by atoms with E-state index in [2.05, 4.69) is 22.3 Å². The molecule has 0 aliphatic carbocycles. The molecular weight excluding hydrogens is 260 g/mol. The van der Waals surface area contributed by atoms with Gasteiger partial charge in [-0.2, -0.15) is 5.10 Å². The number of aromatic nitrogens is 3. The molecule has 1 N–H and O–H groups in total. The van der Waals surface area contributed by atoms with Gasteiger partial charge in [0, 0.05) is 6.54 Å². The highest BCUT2D eigenvalue weighted by Crippen LogP contribution is 2.33. The number of methoxy groups -OCH3 is 1. The molecule has 2 rings (SSSR count). The van der Waals surface area contributed by atoms with Crippen molar-refractivity contribution in [1.82, 2.24) is 20.1 Å². The average Bonchev–Trinajstić information content (AvgIpc) is 3.00. The maximum Gasteiger partial charge on any atom is 0.161 e. The molecule has 2 heterocycles. The van der Waals surface area contributed by atoms with Crippen LogP contribution in [0.3, 0.4) is 0 Å². The summed E-state index contributed by atoms with van der Waals surface area (Å²) in [6.07, 6.45) is 2.82. The quantitative estimate of drug-likeness (QED) is 0.882. The van der Waals surface area contributed by atoms with E-state index in [1.807, 2.05) is 24.2 Å². The molecule has 2 aromatic rings. The Balaban J connectivity index is 2.48. The fraction of sp³-hybridized carbons (Fsp3) is 0.538. The second-order valence-electron chi connectivity index (χ2n) is 4.35. The van der Waals surface area contributed by atoms with Gasteiger partial charge in [0.15, 0.2) is 5.75 Å². The molecule has 0 bridgehead atoms. The Kier molecular flexibility index (Phi) is 4.55. The van der Waals surface area contributed by atoms with Gasteiger partial charge in [-0.3, -0.25) is 4.68 Å². The highest BCUT2D eigenvalue weighted by molar-refractivity contribution is 7.09. The van der Waals surface area contributed by atoms with Crippen molar-refractivity contribution in [2.45, 2.75) is 32.9 Å². The number of hydrogen-bond donors (Lipinski definition) is 1. The van der Waals surface area contributed by atoms with Crippen LogP contribution in [-0.4, -0.2) is 28.9 Å². The largest absolute Gasteiger partial charge is 0.493 e. The number of aryl methyl sites for hydroxylation is 2. The van der Waals surface area contributed by atoms with Crippen LogP contribution in [0.4, 0.5) is 0 Å². The Bertz CT molecular complexity index is 534. The molecule has 6 heteroatoms. The van der Waals surface area contributed by atoms with Crippen LogP contribution >= 0.6 is 11.3 Å². The molecule has 1 atom stereocenters. The number of ether oxygens (including phenoxy) is 1. The van der Waals surface area contributed by atoms with E-state index in [0.717, 1.165) is 30.1 Å². The van der Waals surface area contributed by atoms with Crippen molar-refractivity contribution in [3.63, 3.8) is 0 Å². The first kappa shape index (κ1) is 14.0. The third kappa shape index (κ3) is 2.64. The van der Waals surface area contributed by atoms with Crippen molar-refractivity contribution in [3.05, 3.63) is 28.0 Å². The van der Waals surface area contributed by atoms with Gasteiger partial charge in [0.1, 0.15) is 5.69 Å². The van der Waals surface area contributed by atoms with E-state index in [4.69, 9.17) is 4.74 Å². The number of rotatable bonds is 6. The van der Waals surface area contributed by atoms with Gasteiger partial charge in [0.25, 0.3) is 0 Å². The van der Waals surface area contributed by atoms with Crippen LogP contribution in [0, 0.1) is 6.92 Å². The second kappa shape index (κ2) is 6.16. The van der Waals surface area contributed by atoms with E-state index < -0.39 is 0 Å². The summed E-state index contributed by atoms with van der Waals surface area (Å²) in [6, 6.07) is 0.0662. The molecule has 0 aliphatic rings. The van der Waals surface area contributed by atoms with Gasteiger partial charge in [-0.05, 0) is 20.4 Å². The van der Waals surface area contributed by atoms with Crippen molar-refractivity contribution in [2.75, 3.05) is 14.2 Å². The van der Waals surface area contributed by atoms with Crippen molar-refractivity contribution in [2.24, 2.45) is 0 Å². The Morgan fingerprint density at radius 3 is 2.84 bits per heavy atom. The number of nitrogens with zero attached hydrogens (tertiary/aromatic N) is 3. The number of thiazole rings is 1. The normalized spacial score (nSPS) is 12.6. The standard InChI is InChI=1S/C13H20N4OS/c1-5-6-17-12(10(18-4)7-16-17)11(14-3)13-9(2)15-8-19-13/h7-8,11,14H,5-6H2,1-4H3. The molecule has 104 valence electrons. The van der Waals surface area contributed by atoms with Crippen LogP contribution in [0.2, 0.25) is 0 Å². The highest BCUT2D eigenvalue weighted by Gasteiger charge is 2.24. The second-order valence-corrected chi connectivity index (χ2v) is 5.23. The molecule has 0 amide bonds. The summed E-state index contributed by atoms with van der Waals surface area (Å²) in [4.78, 5) is 5.54. The predicted molar refractivity (Wildman–Crippen MR) is 76.8 cm³/mol. The van der Waals surface area contributed by atoms with Gasteiger partial charge < -0.3 is 10.1 Å². The van der Waals surface area contributed by atoms with Crippen LogP contribution in [-0.2, 0) is 6.54 Å². The van der Waals surface area contributed by atoms with Crippen molar-refractivity contribution < 1.29 is 4.74 Å². The van der Waals surface area contributed by atoms with Gasteiger partial charge in [-0.25, -0.2) is 4.98 Å². The van der Waals surface area contributed by atoms with Crippen LogP contribution in [0.5, 0.6) is 5.75 Å². The summed E-state index contributed by atoms with van der Waals surface area (Å²) in [5, 5.41) is 7.77. The van der Waals surface area contributed by atoms with Gasteiger partial charge >= 0.3 is 0 Å². The van der Waals surface area contributed by atoms with E-state index >= 15 is 0 Å². The molecule has 0 saturated carbocycles. The van der Waals surface area contributed by atoms with Crippen LogP contribution in [0.15, 0.2) is 11.7 Å². The number of hydrogen-bond acceptors (Lipinski definition) is 5.